The zero-order valence-corrected chi connectivity index (χ0v) is 16.0. The molecule has 2 saturated heterocycles. The van der Waals surface area contributed by atoms with E-state index in [1.165, 1.54) is 0 Å². The molecule has 1 spiro atoms. The smallest absolute Gasteiger partial charge is 0.122 e. The molecule has 0 saturated carbocycles. The van der Waals surface area contributed by atoms with E-state index in [4.69, 9.17) is 4.74 Å². The van der Waals surface area contributed by atoms with Crippen LogP contribution < -0.4 is 0 Å². The highest BCUT2D eigenvalue weighted by molar-refractivity contribution is 7.93. The second-order valence-electron chi connectivity index (χ2n) is 7.30. The molecule has 0 aliphatic carbocycles. The monoisotopic (exact) mass is 374 g/mol. The van der Waals surface area contributed by atoms with Crippen LogP contribution in [0.15, 0.2) is 47.1 Å². The van der Waals surface area contributed by atoms with Crippen LogP contribution in [0.4, 0.5) is 5.69 Å². The van der Waals surface area contributed by atoms with Gasteiger partial charge in [-0.15, -0.1) is 0 Å². The van der Waals surface area contributed by atoms with Gasteiger partial charge in [-0.1, -0.05) is 18.2 Å². The summed E-state index contributed by atoms with van der Waals surface area (Å²) in [7, 11) is -0.156. The van der Waals surface area contributed by atoms with Crippen molar-refractivity contribution < 1.29 is 8.95 Å². The van der Waals surface area contributed by atoms with Crippen LogP contribution in [0.3, 0.4) is 0 Å². The van der Waals surface area contributed by atoms with Gasteiger partial charge >= 0.3 is 0 Å². The van der Waals surface area contributed by atoms with Gasteiger partial charge in [-0.2, -0.15) is 4.36 Å². The van der Waals surface area contributed by atoms with Gasteiger partial charge in [0.15, 0.2) is 0 Å². The predicted octanol–water partition coefficient (Wildman–Crippen LogP) is 2.58. The van der Waals surface area contributed by atoms with Crippen LogP contribution in [-0.4, -0.2) is 55.5 Å². The van der Waals surface area contributed by atoms with Crippen LogP contribution >= 0.6 is 0 Å². The first-order valence-electron chi connectivity index (χ1n) is 9.16. The van der Waals surface area contributed by atoms with Crippen molar-refractivity contribution in [2.24, 2.45) is 11.4 Å². The molecule has 1 aromatic carbocycles. The Morgan fingerprint density at radius 2 is 2.04 bits per heavy atom. The normalized spacial score (nSPS) is 29.7. The largest absolute Gasteiger partial charge is 0.372 e. The maximum Gasteiger partial charge on any atom is 0.122 e. The molecular formula is C19H26N4O2S. The molecule has 2 fully saturated rings. The van der Waals surface area contributed by atoms with E-state index >= 15 is 0 Å². The Morgan fingerprint density at radius 1 is 1.27 bits per heavy atom. The van der Waals surface area contributed by atoms with Gasteiger partial charge < -0.3 is 9.30 Å². The SMILES string of the molecule is Cn1ccnc1CN1CCOC2(CCS(=O)(=Nc3ccccc3)CC2)C1. The number of aromatic nitrogens is 2. The van der Waals surface area contributed by atoms with E-state index in [9.17, 15) is 4.21 Å². The fourth-order valence-electron chi connectivity index (χ4n) is 3.80. The summed E-state index contributed by atoms with van der Waals surface area (Å²) < 4.78 is 26.0. The van der Waals surface area contributed by atoms with Gasteiger partial charge in [0, 0.05) is 44.0 Å². The van der Waals surface area contributed by atoms with E-state index in [2.05, 4.69) is 18.8 Å². The van der Waals surface area contributed by atoms with Crippen molar-refractivity contribution >= 4 is 15.4 Å². The Labute approximate surface area is 155 Å². The molecule has 0 N–H and O–H groups in total. The average Bonchev–Trinajstić information content (AvgIpc) is 3.04. The molecule has 4 rings (SSSR count). The first-order valence-corrected chi connectivity index (χ1v) is 11.0. The van der Waals surface area contributed by atoms with Crippen molar-refractivity contribution in [1.82, 2.24) is 14.5 Å². The average molecular weight is 375 g/mol. The third kappa shape index (κ3) is 3.84. The lowest BCUT2D eigenvalue weighted by Crippen LogP contribution is -2.55. The number of benzene rings is 1. The molecule has 1 aromatic heterocycles. The second kappa shape index (κ2) is 7.13. The van der Waals surface area contributed by atoms with E-state index in [1.54, 1.807) is 0 Å². The highest BCUT2D eigenvalue weighted by atomic mass is 32.2. The molecule has 2 aromatic rings. The summed E-state index contributed by atoms with van der Waals surface area (Å²) >= 11 is 0. The highest BCUT2D eigenvalue weighted by Gasteiger charge is 2.41. The summed E-state index contributed by atoms with van der Waals surface area (Å²) in [5.74, 6) is 2.29. The molecule has 2 aliphatic heterocycles. The first kappa shape index (κ1) is 17.7. The van der Waals surface area contributed by atoms with E-state index < -0.39 is 9.73 Å². The van der Waals surface area contributed by atoms with Crippen LogP contribution in [0.2, 0.25) is 0 Å². The minimum Gasteiger partial charge on any atom is -0.372 e. The molecule has 0 radical (unpaired) electrons. The van der Waals surface area contributed by atoms with E-state index in [1.807, 2.05) is 49.8 Å². The van der Waals surface area contributed by atoms with Gasteiger partial charge in [0.2, 0.25) is 0 Å². The zero-order chi connectivity index (χ0) is 18.0. The van der Waals surface area contributed by atoms with Gasteiger partial charge in [0.1, 0.15) is 5.82 Å². The molecule has 0 amide bonds. The molecular weight excluding hydrogens is 348 g/mol. The Balaban J connectivity index is 1.43. The minimum atomic E-state index is -2.18. The Kier molecular flexibility index (Phi) is 4.86. The third-order valence-corrected chi connectivity index (χ3v) is 7.62. The molecule has 0 atom stereocenters. The van der Waals surface area contributed by atoms with Crippen molar-refractivity contribution in [3.63, 3.8) is 0 Å². The number of aryl methyl sites for hydroxylation is 1. The zero-order valence-electron chi connectivity index (χ0n) is 15.2. The predicted molar refractivity (Wildman–Crippen MR) is 103 cm³/mol. The summed E-state index contributed by atoms with van der Waals surface area (Å²) in [5.41, 5.74) is 0.630. The number of hydrogen-bond acceptors (Lipinski definition) is 5. The number of ether oxygens (including phenoxy) is 1. The van der Waals surface area contributed by atoms with Crippen molar-refractivity contribution in [3.05, 3.63) is 48.5 Å². The molecule has 0 unspecified atom stereocenters. The third-order valence-electron chi connectivity index (χ3n) is 5.39. The lowest BCUT2D eigenvalue weighted by atomic mass is 9.94. The summed E-state index contributed by atoms with van der Waals surface area (Å²) in [6.07, 6.45) is 5.43. The summed E-state index contributed by atoms with van der Waals surface area (Å²) in [4.78, 5) is 6.84. The minimum absolute atomic E-state index is 0.184. The topological polar surface area (TPSA) is 59.7 Å². The molecule has 26 heavy (non-hydrogen) atoms. The fraction of sp³-hybridized carbons (Fsp3) is 0.526. The van der Waals surface area contributed by atoms with Crippen LogP contribution in [0.1, 0.15) is 18.7 Å². The molecule has 3 heterocycles. The van der Waals surface area contributed by atoms with Gasteiger partial charge in [0.05, 0.1) is 34.2 Å². The van der Waals surface area contributed by atoms with Crippen molar-refractivity contribution in [2.75, 3.05) is 31.2 Å². The maximum atomic E-state index is 13.1. The summed E-state index contributed by atoms with van der Waals surface area (Å²) in [6, 6.07) is 9.66. The Bertz CT molecular complexity index is 857. The standard InChI is InChI=1S/C19H26N4O2S/c1-22-10-9-20-18(22)15-23-11-12-25-19(16-23)7-13-26(24,14-8-19)21-17-5-3-2-4-6-17/h2-6,9-10H,7-8,11-16H2,1H3. The van der Waals surface area contributed by atoms with Crippen LogP contribution in [-0.2, 0) is 28.1 Å². The molecule has 140 valence electrons. The van der Waals surface area contributed by atoms with Crippen molar-refractivity contribution in [1.29, 1.82) is 0 Å². The lowest BCUT2D eigenvalue weighted by molar-refractivity contribution is -0.116. The number of hydrogen-bond donors (Lipinski definition) is 0. The van der Waals surface area contributed by atoms with Crippen LogP contribution in [0.25, 0.3) is 0 Å². The first-order chi connectivity index (χ1) is 12.6. The molecule has 7 heteroatoms. The van der Waals surface area contributed by atoms with Crippen molar-refractivity contribution in [3.8, 4) is 0 Å². The molecule has 6 nitrogen and oxygen atoms in total. The van der Waals surface area contributed by atoms with Gasteiger partial charge in [-0.05, 0) is 25.0 Å². The number of imidazole rings is 1. The van der Waals surface area contributed by atoms with Gasteiger partial charge in [0.25, 0.3) is 0 Å². The van der Waals surface area contributed by atoms with Crippen LogP contribution in [0, 0.1) is 0 Å². The second-order valence-corrected chi connectivity index (χ2v) is 9.85. The van der Waals surface area contributed by atoms with E-state index in [0.717, 1.165) is 50.6 Å². The van der Waals surface area contributed by atoms with Gasteiger partial charge in [-0.3, -0.25) is 4.90 Å². The number of rotatable bonds is 3. The summed E-state index contributed by atoms with van der Waals surface area (Å²) in [5, 5.41) is 0. The molecule has 2 aliphatic rings. The summed E-state index contributed by atoms with van der Waals surface area (Å²) in [6.45, 7) is 3.35. The van der Waals surface area contributed by atoms with Crippen LogP contribution in [0.5, 0.6) is 0 Å². The van der Waals surface area contributed by atoms with Crippen molar-refractivity contribution in [2.45, 2.75) is 25.0 Å². The quantitative estimate of drug-likeness (QED) is 0.829. The molecule has 0 bridgehead atoms. The highest BCUT2D eigenvalue weighted by Crippen LogP contribution is 2.33. The fourth-order valence-corrected chi connectivity index (χ4v) is 6.07. The number of nitrogens with zero attached hydrogens (tertiary/aromatic N) is 4. The Hall–Kier alpha value is -1.70. The van der Waals surface area contributed by atoms with E-state index in [0.29, 0.717) is 11.5 Å². The number of morpholine rings is 1. The van der Waals surface area contributed by atoms with Gasteiger partial charge in [-0.25, -0.2) is 9.19 Å². The lowest BCUT2D eigenvalue weighted by Gasteiger charge is -2.45. The Morgan fingerprint density at radius 3 is 2.73 bits per heavy atom. The van der Waals surface area contributed by atoms with E-state index in [-0.39, 0.29) is 5.60 Å². The maximum absolute atomic E-state index is 13.1.